The summed E-state index contributed by atoms with van der Waals surface area (Å²) in [5, 5.41) is 0. The molecule has 0 atom stereocenters. The summed E-state index contributed by atoms with van der Waals surface area (Å²) < 4.78 is 5.71. The molecule has 0 radical (unpaired) electrons. The zero-order chi connectivity index (χ0) is 10.6. The Labute approximate surface area is 87.1 Å². The standard InChI is InChI=1S/C13H20O/c1-5-6-7-14-13-9-11(3)10(2)8-12(13)4/h8-9H,5-7H2,1-4H3. The zero-order valence-electron chi connectivity index (χ0n) is 9.68. The highest BCUT2D eigenvalue weighted by atomic mass is 16.5. The lowest BCUT2D eigenvalue weighted by Crippen LogP contribution is -1.99. The van der Waals surface area contributed by atoms with Gasteiger partial charge < -0.3 is 4.74 Å². The maximum absolute atomic E-state index is 5.71. The lowest BCUT2D eigenvalue weighted by molar-refractivity contribution is 0.307. The van der Waals surface area contributed by atoms with Gasteiger partial charge in [-0.05, 0) is 49.9 Å². The Morgan fingerprint density at radius 3 is 2.29 bits per heavy atom. The van der Waals surface area contributed by atoms with E-state index >= 15 is 0 Å². The van der Waals surface area contributed by atoms with E-state index < -0.39 is 0 Å². The molecule has 0 aliphatic heterocycles. The van der Waals surface area contributed by atoms with Crippen molar-refractivity contribution >= 4 is 0 Å². The highest BCUT2D eigenvalue weighted by molar-refractivity contribution is 5.40. The van der Waals surface area contributed by atoms with Crippen molar-refractivity contribution in [2.24, 2.45) is 0 Å². The molecule has 1 nitrogen and oxygen atoms in total. The molecule has 0 fully saturated rings. The fraction of sp³-hybridized carbons (Fsp3) is 0.538. The van der Waals surface area contributed by atoms with Crippen molar-refractivity contribution in [3.8, 4) is 5.75 Å². The van der Waals surface area contributed by atoms with Gasteiger partial charge in [0.05, 0.1) is 6.61 Å². The van der Waals surface area contributed by atoms with Crippen LogP contribution >= 0.6 is 0 Å². The first-order chi connectivity index (χ1) is 6.65. The Morgan fingerprint density at radius 1 is 1.00 bits per heavy atom. The molecule has 1 aromatic rings. The molecule has 0 aromatic heterocycles. The summed E-state index contributed by atoms with van der Waals surface area (Å²) in [4.78, 5) is 0. The Hall–Kier alpha value is -0.980. The topological polar surface area (TPSA) is 9.23 Å². The van der Waals surface area contributed by atoms with E-state index in [1.54, 1.807) is 0 Å². The van der Waals surface area contributed by atoms with E-state index in [-0.39, 0.29) is 0 Å². The van der Waals surface area contributed by atoms with Crippen molar-refractivity contribution in [3.63, 3.8) is 0 Å². The highest BCUT2D eigenvalue weighted by Crippen LogP contribution is 2.22. The van der Waals surface area contributed by atoms with Crippen LogP contribution in [0.1, 0.15) is 36.5 Å². The Balaban J connectivity index is 2.72. The quantitative estimate of drug-likeness (QED) is 0.659. The van der Waals surface area contributed by atoms with Crippen LogP contribution in [0.4, 0.5) is 0 Å². The van der Waals surface area contributed by atoms with Crippen LogP contribution in [-0.4, -0.2) is 6.61 Å². The number of hydrogen-bond donors (Lipinski definition) is 0. The van der Waals surface area contributed by atoms with Crippen molar-refractivity contribution in [1.82, 2.24) is 0 Å². The number of unbranched alkanes of at least 4 members (excludes halogenated alkanes) is 1. The molecule has 14 heavy (non-hydrogen) atoms. The number of aryl methyl sites for hydroxylation is 3. The van der Waals surface area contributed by atoms with Gasteiger partial charge in [0.25, 0.3) is 0 Å². The molecule has 0 spiro atoms. The molecule has 78 valence electrons. The summed E-state index contributed by atoms with van der Waals surface area (Å²) in [7, 11) is 0. The second-order valence-corrected chi connectivity index (χ2v) is 3.90. The summed E-state index contributed by atoms with van der Waals surface area (Å²) >= 11 is 0. The lowest BCUT2D eigenvalue weighted by atomic mass is 10.1. The normalized spacial score (nSPS) is 10.3. The molecule has 0 aliphatic carbocycles. The first kappa shape index (κ1) is 11.1. The smallest absolute Gasteiger partial charge is 0.122 e. The molecule has 1 aromatic carbocycles. The summed E-state index contributed by atoms with van der Waals surface area (Å²) in [6.45, 7) is 9.38. The van der Waals surface area contributed by atoms with E-state index in [0.717, 1.165) is 18.8 Å². The number of ether oxygens (including phenoxy) is 1. The first-order valence-corrected chi connectivity index (χ1v) is 5.35. The fourth-order valence-corrected chi connectivity index (χ4v) is 1.42. The van der Waals surface area contributed by atoms with Crippen molar-refractivity contribution in [3.05, 3.63) is 28.8 Å². The van der Waals surface area contributed by atoms with Crippen molar-refractivity contribution < 1.29 is 4.74 Å². The Kier molecular flexibility index (Phi) is 3.99. The molecule has 0 N–H and O–H groups in total. The third-order valence-corrected chi connectivity index (χ3v) is 2.55. The van der Waals surface area contributed by atoms with Gasteiger partial charge in [0.15, 0.2) is 0 Å². The molecule has 1 rings (SSSR count). The molecule has 1 heteroatoms. The second-order valence-electron chi connectivity index (χ2n) is 3.90. The van der Waals surface area contributed by atoms with Gasteiger partial charge in [0.1, 0.15) is 5.75 Å². The largest absolute Gasteiger partial charge is 0.493 e. The summed E-state index contributed by atoms with van der Waals surface area (Å²) in [6.07, 6.45) is 2.32. The maximum Gasteiger partial charge on any atom is 0.122 e. The van der Waals surface area contributed by atoms with E-state index in [4.69, 9.17) is 4.74 Å². The summed E-state index contributed by atoms with van der Waals surface area (Å²) in [5.41, 5.74) is 3.89. The minimum absolute atomic E-state index is 0.833. The molecule has 0 saturated heterocycles. The van der Waals surface area contributed by atoms with Crippen LogP contribution in [0.15, 0.2) is 12.1 Å². The van der Waals surface area contributed by atoms with Crippen molar-refractivity contribution in [2.45, 2.75) is 40.5 Å². The summed E-state index contributed by atoms with van der Waals surface area (Å²) in [6, 6.07) is 4.33. The van der Waals surface area contributed by atoms with Gasteiger partial charge in [0.2, 0.25) is 0 Å². The molecule has 0 aliphatic rings. The number of benzene rings is 1. The molecule has 0 saturated carbocycles. The molecule has 0 heterocycles. The van der Waals surface area contributed by atoms with Gasteiger partial charge in [-0.25, -0.2) is 0 Å². The second kappa shape index (κ2) is 5.04. The highest BCUT2D eigenvalue weighted by Gasteiger charge is 2.02. The van der Waals surface area contributed by atoms with Gasteiger partial charge in [-0.1, -0.05) is 19.4 Å². The van der Waals surface area contributed by atoms with E-state index in [2.05, 4.69) is 39.8 Å². The average Bonchev–Trinajstić information content (AvgIpc) is 2.14. The van der Waals surface area contributed by atoms with E-state index in [9.17, 15) is 0 Å². The van der Waals surface area contributed by atoms with Crippen LogP contribution in [0.3, 0.4) is 0 Å². The van der Waals surface area contributed by atoms with Crippen LogP contribution in [0, 0.1) is 20.8 Å². The maximum atomic E-state index is 5.71. The Bertz CT molecular complexity index is 302. The van der Waals surface area contributed by atoms with E-state index in [1.807, 2.05) is 0 Å². The Morgan fingerprint density at radius 2 is 1.64 bits per heavy atom. The van der Waals surface area contributed by atoms with E-state index in [1.165, 1.54) is 23.1 Å². The predicted molar refractivity (Wildman–Crippen MR) is 61.1 cm³/mol. The zero-order valence-corrected chi connectivity index (χ0v) is 9.68. The van der Waals surface area contributed by atoms with Crippen LogP contribution in [0.5, 0.6) is 5.75 Å². The van der Waals surface area contributed by atoms with Crippen LogP contribution in [-0.2, 0) is 0 Å². The fourth-order valence-electron chi connectivity index (χ4n) is 1.42. The molecule has 0 unspecified atom stereocenters. The van der Waals surface area contributed by atoms with Crippen LogP contribution < -0.4 is 4.74 Å². The molecular weight excluding hydrogens is 172 g/mol. The van der Waals surface area contributed by atoms with Gasteiger partial charge in [-0.3, -0.25) is 0 Å². The third-order valence-electron chi connectivity index (χ3n) is 2.55. The number of rotatable bonds is 4. The summed E-state index contributed by atoms with van der Waals surface area (Å²) in [5.74, 6) is 1.04. The van der Waals surface area contributed by atoms with Gasteiger partial charge in [-0.2, -0.15) is 0 Å². The lowest BCUT2D eigenvalue weighted by Gasteiger charge is -2.11. The third kappa shape index (κ3) is 2.76. The van der Waals surface area contributed by atoms with Gasteiger partial charge in [-0.15, -0.1) is 0 Å². The van der Waals surface area contributed by atoms with Crippen molar-refractivity contribution in [1.29, 1.82) is 0 Å². The van der Waals surface area contributed by atoms with Crippen molar-refractivity contribution in [2.75, 3.05) is 6.61 Å². The minimum Gasteiger partial charge on any atom is -0.493 e. The SMILES string of the molecule is CCCCOc1cc(C)c(C)cc1C. The molecular formula is C13H20O. The minimum atomic E-state index is 0.833. The molecule has 0 amide bonds. The van der Waals surface area contributed by atoms with Gasteiger partial charge in [0, 0.05) is 0 Å². The monoisotopic (exact) mass is 192 g/mol. The van der Waals surface area contributed by atoms with E-state index in [0.29, 0.717) is 0 Å². The molecule has 0 bridgehead atoms. The predicted octanol–water partition coefficient (Wildman–Crippen LogP) is 3.79. The van der Waals surface area contributed by atoms with Crippen LogP contribution in [0.25, 0.3) is 0 Å². The average molecular weight is 192 g/mol. The first-order valence-electron chi connectivity index (χ1n) is 5.35. The number of hydrogen-bond acceptors (Lipinski definition) is 1. The van der Waals surface area contributed by atoms with Crippen LogP contribution in [0.2, 0.25) is 0 Å². The van der Waals surface area contributed by atoms with Gasteiger partial charge >= 0.3 is 0 Å².